The first kappa shape index (κ1) is 18.5. The van der Waals surface area contributed by atoms with Crippen LogP contribution in [0.15, 0.2) is 35.9 Å². The molecule has 0 unspecified atom stereocenters. The van der Waals surface area contributed by atoms with E-state index in [4.69, 9.17) is 4.74 Å². The summed E-state index contributed by atoms with van der Waals surface area (Å²) in [6, 6.07) is 7.61. The lowest BCUT2D eigenvalue weighted by molar-refractivity contribution is -0.112. The van der Waals surface area contributed by atoms with Crippen molar-refractivity contribution in [2.45, 2.75) is 20.3 Å². The highest BCUT2D eigenvalue weighted by Crippen LogP contribution is 2.24. The van der Waals surface area contributed by atoms with E-state index in [1.807, 2.05) is 44.2 Å². The standard InChI is InChI=1S/C19H29N3O2/c1-4-7-16(2)19(23)20-17-8-5-6-9-18(17)24-15-14-22-12-10-21(3)11-13-22/h5-9H,4,10-15H2,1-3H3,(H,20,23)/b16-7+. The number of amides is 1. The lowest BCUT2D eigenvalue weighted by Crippen LogP contribution is -2.45. The first-order valence-electron chi connectivity index (χ1n) is 8.71. The molecular formula is C19H29N3O2. The molecule has 1 aromatic rings. The number of piperazine rings is 1. The van der Waals surface area contributed by atoms with Crippen LogP contribution in [0.2, 0.25) is 0 Å². The number of carbonyl (C=O) groups is 1. The number of allylic oxidation sites excluding steroid dienone is 1. The second kappa shape index (κ2) is 9.45. The minimum atomic E-state index is -0.0769. The number of nitrogens with one attached hydrogen (secondary N) is 1. The number of anilines is 1. The predicted molar refractivity (Wildman–Crippen MR) is 98.6 cm³/mol. The molecule has 5 nitrogen and oxygen atoms in total. The zero-order chi connectivity index (χ0) is 17.4. The molecule has 132 valence electrons. The van der Waals surface area contributed by atoms with E-state index in [0.717, 1.165) is 56.2 Å². The summed E-state index contributed by atoms with van der Waals surface area (Å²) in [5, 5.41) is 2.94. The lowest BCUT2D eigenvalue weighted by Gasteiger charge is -2.32. The monoisotopic (exact) mass is 331 g/mol. The summed E-state index contributed by atoms with van der Waals surface area (Å²) in [6.45, 7) is 9.76. The van der Waals surface area contributed by atoms with Gasteiger partial charge in [0.15, 0.2) is 0 Å². The molecule has 0 atom stereocenters. The number of ether oxygens (including phenoxy) is 1. The summed E-state index contributed by atoms with van der Waals surface area (Å²) in [4.78, 5) is 16.9. The van der Waals surface area contributed by atoms with E-state index in [1.165, 1.54) is 0 Å². The molecule has 1 heterocycles. The fraction of sp³-hybridized carbons (Fsp3) is 0.526. The van der Waals surface area contributed by atoms with Gasteiger partial charge in [0, 0.05) is 38.3 Å². The molecule has 0 bridgehead atoms. The Hall–Kier alpha value is -1.85. The zero-order valence-electron chi connectivity index (χ0n) is 15.0. The number of carbonyl (C=O) groups excluding carboxylic acids is 1. The van der Waals surface area contributed by atoms with Crippen LogP contribution in [-0.2, 0) is 4.79 Å². The minimum absolute atomic E-state index is 0.0769. The predicted octanol–water partition coefficient (Wildman–Crippen LogP) is 2.61. The van der Waals surface area contributed by atoms with Crippen molar-refractivity contribution < 1.29 is 9.53 Å². The van der Waals surface area contributed by atoms with Crippen molar-refractivity contribution in [2.24, 2.45) is 0 Å². The van der Waals surface area contributed by atoms with Gasteiger partial charge in [0.2, 0.25) is 0 Å². The molecule has 1 N–H and O–H groups in total. The van der Waals surface area contributed by atoms with Crippen LogP contribution in [-0.4, -0.2) is 62.1 Å². The maximum atomic E-state index is 12.2. The summed E-state index contributed by atoms with van der Waals surface area (Å²) in [6.07, 6.45) is 2.77. The highest BCUT2D eigenvalue weighted by Gasteiger charge is 2.14. The largest absolute Gasteiger partial charge is 0.490 e. The zero-order valence-corrected chi connectivity index (χ0v) is 15.0. The van der Waals surface area contributed by atoms with Crippen molar-refractivity contribution in [3.63, 3.8) is 0 Å². The van der Waals surface area contributed by atoms with Crippen LogP contribution >= 0.6 is 0 Å². The normalized spacial score (nSPS) is 16.9. The van der Waals surface area contributed by atoms with Crippen molar-refractivity contribution in [2.75, 3.05) is 51.7 Å². The molecule has 0 aromatic heterocycles. The van der Waals surface area contributed by atoms with E-state index in [-0.39, 0.29) is 5.91 Å². The van der Waals surface area contributed by atoms with Crippen LogP contribution in [0.3, 0.4) is 0 Å². The molecule has 1 aliphatic heterocycles. The van der Waals surface area contributed by atoms with Crippen molar-refractivity contribution in [1.82, 2.24) is 9.80 Å². The van der Waals surface area contributed by atoms with Gasteiger partial charge in [-0.05, 0) is 32.5 Å². The molecular weight excluding hydrogens is 302 g/mol. The Morgan fingerprint density at radius 3 is 2.67 bits per heavy atom. The van der Waals surface area contributed by atoms with Crippen LogP contribution in [0.4, 0.5) is 5.69 Å². The second-order valence-corrected chi connectivity index (χ2v) is 6.24. The Labute approximate surface area is 145 Å². The number of para-hydroxylation sites is 2. The number of rotatable bonds is 7. The number of nitrogens with zero attached hydrogens (tertiary/aromatic N) is 2. The van der Waals surface area contributed by atoms with E-state index in [1.54, 1.807) is 0 Å². The van der Waals surface area contributed by atoms with Crippen molar-refractivity contribution >= 4 is 11.6 Å². The maximum Gasteiger partial charge on any atom is 0.251 e. The molecule has 0 radical (unpaired) electrons. The van der Waals surface area contributed by atoms with E-state index in [0.29, 0.717) is 6.61 Å². The topological polar surface area (TPSA) is 44.8 Å². The third-order valence-electron chi connectivity index (χ3n) is 4.26. The van der Waals surface area contributed by atoms with Crippen LogP contribution in [0.1, 0.15) is 20.3 Å². The van der Waals surface area contributed by atoms with Crippen LogP contribution < -0.4 is 10.1 Å². The molecule has 5 heteroatoms. The smallest absolute Gasteiger partial charge is 0.251 e. The van der Waals surface area contributed by atoms with Gasteiger partial charge in [-0.2, -0.15) is 0 Å². The summed E-state index contributed by atoms with van der Waals surface area (Å²) in [5.74, 6) is 0.649. The molecule has 1 saturated heterocycles. The Morgan fingerprint density at radius 1 is 1.25 bits per heavy atom. The third-order valence-corrected chi connectivity index (χ3v) is 4.26. The second-order valence-electron chi connectivity index (χ2n) is 6.24. The van der Waals surface area contributed by atoms with Crippen LogP contribution in [0.25, 0.3) is 0 Å². The molecule has 1 fully saturated rings. The number of benzene rings is 1. The molecule has 0 aliphatic carbocycles. The molecule has 1 aromatic carbocycles. The lowest BCUT2D eigenvalue weighted by atomic mass is 10.2. The molecule has 1 aliphatic rings. The van der Waals surface area contributed by atoms with Gasteiger partial charge in [0.1, 0.15) is 12.4 Å². The summed E-state index contributed by atoms with van der Waals surface area (Å²) < 4.78 is 5.92. The number of hydrogen-bond acceptors (Lipinski definition) is 4. The van der Waals surface area contributed by atoms with Gasteiger partial charge >= 0.3 is 0 Å². The average Bonchev–Trinajstić information content (AvgIpc) is 2.58. The fourth-order valence-corrected chi connectivity index (χ4v) is 2.67. The highest BCUT2D eigenvalue weighted by molar-refractivity contribution is 6.04. The highest BCUT2D eigenvalue weighted by atomic mass is 16.5. The molecule has 0 spiro atoms. The average molecular weight is 331 g/mol. The Morgan fingerprint density at radius 2 is 1.96 bits per heavy atom. The molecule has 0 saturated carbocycles. The Bertz CT molecular complexity index is 563. The quantitative estimate of drug-likeness (QED) is 0.780. The van der Waals surface area contributed by atoms with Gasteiger partial charge in [0.05, 0.1) is 5.69 Å². The van der Waals surface area contributed by atoms with Crippen molar-refractivity contribution in [3.8, 4) is 5.75 Å². The maximum absolute atomic E-state index is 12.2. The number of likely N-dealkylation sites (N-methyl/N-ethyl adjacent to an activating group) is 1. The van der Waals surface area contributed by atoms with Crippen LogP contribution in [0, 0.1) is 0 Å². The Kier molecular flexibility index (Phi) is 7.28. The minimum Gasteiger partial charge on any atom is -0.490 e. The van der Waals surface area contributed by atoms with Gasteiger partial charge in [-0.25, -0.2) is 0 Å². The van der Waals surface area contributed by atoms with E-state index < -0.39 is 0 Å². The van der Waals surface area contributed by atoms with Gasteiger partial charge in [-0.15, -0.1) is 0 Å². The van der Waals surface area contributed by atoms with Gasteiger partial charge in [0.25, 0.3) is 5.91 Å². The third kappa shape index (κ3) is 5.65. The van der Waals surface area contributed by atoms with Crippen LogP contribution in [0.5, 0.6) is 5.75 Å². The fourth-order valence-electron chi connectivity index (χ4n) is 2.67. The van der Waals surface area contributed by atoms with Gasteiger partial charge in [-0.1, -0.05) is 25.1 Å². The van der Waals surface area contributed by atoms with Crippen molar-refractivity contribution in [1.29, 1.82) is 0 Å². The first-order valence-corrected chi connectivity index (χ1v) is 8.71. The molecule has 1 amide bonds. The summed E-state index contributed by atoms with van der Waals surface area (Å²) >= 11 is 0. The van der Waals surface area contributed by atoms with E-state index >= 15 is 0 Å². The first-order chi connectivity index (χ1) is 11.6. The summed E-state index contributed by atoms with van der Waals surface area (Å²) in [5.41, 5.74) is 1.45. The van der Waals surface area contributed by atoms with Gasteiger partial charge in [-0.3, -0.25) is 9.69 Å². The molecule has 24 heavy (non-hydrogen) atoms. The number of hydrogen-bond donors (Lipinski definition) is 1. The molecule has 2 rings (SSSR count). The van der Waals surface area contributed by atoms with E-state index in [9.17, 15) is 4.79 Å². The Balaban J connectivity index is 1.87. The van der Waals surface area contributed by atoms with E-state index in [2.05, 4.69) is 22.2 Å². The van der Waals surface area contributed by atoms with Gasteiger partial charge < -0.3 is 15.0 Å². The summed E-state index contributed by atoms with van der Waals surface area (Å²) in [7, 11) is 2.15. The SMILES string of the molecule is CC/C=C(\C)C(=O)Nc1ccccc1OCCN1CCN(C)CC1. The van der Waals surface area contributed by atoms with Crippen molar-refractivity contribution in [3.05, 3.63) is 35.9 Å².